The summed E-state index contributed by atoms with van der Waals surface area (Å²) in [6.45, 7) is 0.270. The first-order chi connectivity index (χ1) is 17.0. The van der Waals surface area contributed by atoms with Crippen molar-refractivity contribution in [2.75, 3.05) is 31.0 Å². The number of carbonyl (C=O) groups is 3. The molecule has 0 spiro atoms. The van der Waals surface area contributed by atoms with E-state index < -0.39 is 18.0 Å². The predicted octanol–water partition coefficient (Wildman–Crippen LogP) is 4.11. The van der Waals surface area contributed by atoms with Gasteiger partial charge in [0.05, 0.1) is 26.3 Å². The van der Waals surface area contributed by atoms with Crippen LogP contribution in [0.5, 0.6) is 11.5 Å². The van der Waals surface area contributed by atoms with E-state index in [9.17, 15) is 14.4 Å². The van der Waals surface area contributed by atoms with Gasteiger partial charge in [0.1, 0.15) is 17.5 Å². The normalized spacial score (nSPS) is 15.1. The maximum absolute atomic E-state index is 13.4. The van der Waals surface area contributed by atoms with Crippen LogP contribution in [0.4, 0.5) is 16.2 Å². The number of methoxy groups -OCH3 is 2. The minimum absolute atomic E-state index is 0.0876. The van der Waals surface area contributed by atoms with Gasteiger partial charge in [0, 0.05) is 12.2 Å². The average Bonchev–Trinajstić information content (AvgIpc) is 3.18. The van der Waals surface area contributed by atoms with Crippen molar-refractivity contribution in [3.63, 3.8) is 0 Å². The van der Waals surface area contributed by atoms with Gasteiger partial charge in [-0.1, -0.05) is 30.3 Å². The molecule has 180 valence electrons. The lowest BCUT2D eigenvalue weighted by atomic mass is 10.1. The van der Waals surface area contributed by atoms with Gasteiger partial charge in [-0.05, 0) is 60.5 Å². The topological polar surface area (TPSA) is 88.2 Å². The largest absolute Gasteiger partial charge is 0.497 e. The summed E-state index contributed by atoms with van der Waals surface area (Å²) >= 11 is 0. The molecule has 0 aliphatic carbocycles. The van der Waals surface area contributed by atoms with Crippen molar-refractivity contribution in [2.24, 2.45) is 0 Å². The molecular formula is C27H27N3O5. The Kier molecular flexibility index (Phi) is 7.30. The molecule has 0 bridgehead atoms. The highest BCUT2D eigenvalue weighted by Crippen LogP contribution is 2.28. The summed E-state index contributed by atoms with van der Waals surface area (Å²) in [5, 5.41) is 2.84. The molecule has 8 nitrogen and oxygen atoms in total. The molecule has 4 rings (SSSR count). The summed E-state index contributed by atoms with van der Waals surface area (Å²) in [7, 11) is 3.11. The highest BCUT2D eigenvalue weighted by Gasteiger charge is 2.44. The van der Waals surface area contributed by atoms with Crippen molar-refractivity contribution >= 4 is 29.2 Å². The van der Waals surface area contributed by atoms with Gasteiger partial charge >= 0.3 is 6.03 Å². The Morgan fingerprint density at radius 3 is 2.11 bits per heavy atom. The van der Waals surface area contributed by atoms with Crippen LogP contribution in [0.2, 0.25) is 0 Å². The zero-order chi connectivity index (χ0) is 24.8. The van der Waals surface area contributed by atoms with Crippen LogP contribution in [0.15, 0.2) is 78.9 Å². The number of nitrogens with one attached hydrogen (secondary N) is 1. The molecule has 0 radical (unpaired) electrons. The number of carbonyl (C=O) groups excluding carboxylic acids is 3. The number of nitrogens with zero attached hydrogens (tertiary/aromatic N) is 2. The second-order valence-electron chi connectivity index (χ2n) is 8.07. The Morgan fingerprint density at radius 1 is 0.914 bits per heavy atom. The molecule has 0 aromatic heterocycles. The van der Waals surface area contributed by atoms with Crippen LogP contribution >= 0.6 is 0 Å². The summed E-state index contributed by atoms with van der Waals surface area (Å²) in [4.78, 5) is 42.2. The summed E-state index contributed by atoms with van der Waals surface area (Å²) in [5.74, 6) is 0.494. The van der Waals surface area contributed by atoms with Crippen LogP contribution in [-0.4, -0.2) is 49.6 Å². The Bertz CT molecular complexity index is 1180. The molecule has 0 unspecified atom stereocenters. The predicted molar refractivity (Wildman–Crippen MR) is 133 cm³/mol. The number of amides is 4. The van der Waals surface area contributed by atoms with Gasteiger partial charge in [0.15, 0.2) is 0 Å². The molecule has 3 aromatic rings. The van der Waals surface area contributed by atoms with E-state index in [4.69, 9.17) is 9.47 Å². The molecule has 1 heterocycles. The molecule has 8 heteroatoms. The summed E-state index contributed by atoms with van der Waals surface area (Å²) < 4.78 is 10.3. The Morgan fingerprint density at radius 2 is 1.51 bits per heavy atom. The minimum Gasteiger partial charge on any atom is -0.497 e. The number of rotatable bonds is 8. The molecule has 35 heavy (non-hydrogen) atoms. The number of hydrogen-bond acceptors (Lipinski definition) is 5. The number of urea groups is 1. The summed E-state index contributed by atoms with van der Waals surface area (Å²) in [6.07, 6.45) is 0.451. The van der Waals surface area contributed by atoms with Crippen molar-refractivity contribution in [1.82, 2.24) is 4.90 Å². The van der Waals surface area contributed by atoms with Gasteiger partial charge < -0.3 is 19.7 Å². The molecular weight excluding hydrogens is 446 g/mol. The van der Waals surface area contributed by atoms with Crippen LogP contribution in [0.25, 0.3) is 0 Å². The lowest BCUT2D eigenvalue weighted by Crippen LogP contribution is -2.48. The van der Waals surface area contributed by atoms with E-state index in [0.29, 0.717) is 29.3 Å². The fourth-order valence-corrected chi connectivity index (χ4v) is 4.02. The van der Waals surface area contributed by atoms with E-state index in [1.807, 2.05) is 30.3 Å². The third kappa shape index (κ3) is 5.43. The number of hydrogen-bond donors (Lipinski definition) is 1. The van der Waals surface area contributed by atoms with Crippen LogP contribution < -0.4 is 19.7 Å². The molecule has 1 saturated heterocycles. The Balaban J connectivity index is 1.56. The van der Waals surface area contributed by atoms with Gasteiger partial charge in [-0.25, -0.2) is 9.69 Å². The zero-order valence-electron chi connectivity index (χ0n) is 19.6. The second kappa shape index (κ2) is 10.7. The fourth-order valence-electron chi connectivity index (χ4n) is 4.02. The van der Waals surface area contributed by atoms with E-state index >= 15 is 0 Å². The summed E-state index contributed by atoms with van der Waals surface area (Å²) in [5.41, 5.74) is 2.03. The maximum Gasteiger partial charge on any atom is 0.322 e. The van der Waals surface area contributed by atoms with E-state index in [-0.39, 0.29) is 18.9 Å². The first-order valence-electron chi connectivity index (χ1n) is 11.3. The second-order valence-corrected chi connectivity index (χ2v) is 8.07. The minimum atomic E-state index is -0.911. The third-order valence-electron chi connectivity index (χ3n) is 5.92. The molecule has 1 N–H and O–H groups in total. The van der Waals surface area contributed by atoms with E-state index in [1.165, 1.54) is 4.90 Å². The third-order valence-corrected chi connectivity index (χ3v) is 5.92. The van der Waals surface area contributed by atoms with E-state index in [0.717, 1.165) is 10.5 Å². The highest BCUT2D eigenvalue weighted by molar-refractivity contribution is 6.23. The summed E-state index contributed by atoms with van der Waals surface area (Å²) in [6, 6.07) is 21.9. The molecule has 1 aliphatic rings. The molecule has 1 atom stereocenters. The standard InChI is InChI=1S/C27H27N3O5/c1-34-22-12-8-20(9-13-22)28-27(33)29(17-16-19-6-4-3-5-7-19)24-18-25(31)30(26(24)32)21-10-14-23(35-2)15-11-21/h3-15,24H,16-18H2,1-2H3,(H,28,33)/t24-/m0/s1. The molecule has 0 saturated carbocycles. The average molecular weight is 474 g/mol. The van der Waals surface area contributed by atoms with Crippen molar-refractivity contribution < 1.29 is 23.9 Å². The smallest absolute Gasteiger partial charge is 0.322 e. The van der Waals surface area contributed by atoms with Gasteiger partial charge in [-0.3, -0.25) is 9.59 Å². The van der Waals surface area contributed by atoms with Gasteiger partial charge in [-0.15, -0.1) is 0 Å². The lowest BCUT2D eigenvalue weighted by molar-refractivity contribution is -0.122. The quantitative estimate of drug-likeness (QED) is 0.498. The first kappa shape index (κ1) is 23.8. The molecule has 1 fully saturated rings. The van der Waals surface area contributed by atoms with Crippen LogP contribution in [0.1, 0.15) is 12.0 Å². The highest BCUT2D eigenvalue weighted by atomic mass is 16.5. The maximum atomic E-state index is 13.4. The van der Waals surface area contributed by atoms with Crippen molar-refractivity contribution in [3.8, 4) is 11.5 Å². The van der Waals surface area contributed by atoms with Crippen LogP contribution in [-0.2, 0) is 16.0 Å². The van der Waals surface area contributed by atoms with Crippen LogP contribution in [0.3, 0.4) is 0 Å². The van der Waals surface area contributed by atoms with Gasteiger partial charge in [-0.2, -0.15) is 0 Å². The number of anilines is 2. The van der Waals surface area contributed by atoms with E-state index in [2.05, 4.69) is 5.32 Å². The number of benzene rings is 3. The van der Waals surface area contributed by atoms with Crippen molar-refractivity contribution in [3.05, 3.63) is 84.4 Å². The molecule has 4 amide bonds. The van der Waals surface area contributed by atoms with Crippen molar-refractivity contribution in [1.29, 1.82) is 0 Å². The van der Waals surface area contributed by atoms with Gasteiger partial charge in [0.25, 0.3) is 5.91 Å². The monoisotopic (exact) mass is 473 g/mol. The van der Waals surface area contributed by atoms with E-state index in [1.54, 1.807) is 62.8 Å². The first-order valence-corrected chi connectivity index (χ1v) is 11.3. The number of imide groups is 1. The fraction of sp³-hybridized carbons (Fsp3) is 0.222. The number of ether oxygens (including phenoxy) is 2. The Hall–Kier alpha value is -4.33. The molecule has 1 aliphatic heterocycles. The Labute approximate surface area is 204 Å². The van der Waals surface area contributed by atoms with Crippen molar-refractivity contribution in [2.45, 2.75) is 18.9 Å². The SMILES string of the molecule is COc1ccc(NC(=O)N(CCc2ccccc2)[C@H]2CC(=O)N(c3ccc(OC)cc3)C2=O)cc1. The van der Waals surface area contributed by atoms with Crippen LogP contribution in [0, 0.1) is 0 Å². The van der Waals surface area contributed by atoms with Gasteiger partial charge in [0.2, 0.25) is 5.91 Å². The zero-order valence-corrected chi connectivity index (χ0v) is 19.6. The molecule has 3 aromatic carbocycles. The lowest BCUT2D eigenvalue weighted by Gasteiger charge is -2.28.